The van der Waals surface area contributed by atoms with Gasteiger partial charge in [0, 0.05) is 22.6 Å². The molecule has 0 heterocycles. The lowest BCUT2D eigenvalue weighted by molar-refractivity contribution is -0.139. The normalized spacial score (nSPS) is 15.1. The number of methoxy groups -OCH3 is 1. The van der Waals surface area contributed by atoms with Crippen molar-refractivity contribution in [2.75, 3.05) is 24.2 Å². The molecular formula is C26H33Cl2N3O5S. The van der Waals surface area contributed by atoms with Crippen LogP contribution in [0.1, 0.15) is 44.6 Å². The van der Waals surface area contributed by atoms with Crippen LogP contribution >= 0.6 is 23.2 Å². The van der Waals surface area contributed by atoms with Crippen molar-refractivity contribution in [1.29, 1.82) is 0 Å². The van der Waals surface area contributed by atoms with E-state index in [1.807, 2.05) is 6.07 Å². The largest absolute Gasteiger partial charge is 0.497 e. The molecule has 11 heteroatoms. The zero-order valence-electron chi connectivity index (χ0n) is 21.2. The van der Waals surface area contributed by atoms with E-state index in [0.717, 1.165) is 48.2 Å². The second kappa shape index (κ2) is 12.8. The van der Waals surface area contributed by atoms with Gasteiger partial charge in [-0.3, -0.25) is 13.9 Å². The molecule has 202 valence electrons. The van der Waals surface area contributed by atoms with Gasteiger partial charge in [0.1, 0.15) is 18.3 Å². The average molecular weight is 571 g/mol. The summed E-state index contributed by atoms with van der Waals surface area (Å²) in [5, 5.41) is 3.54. The van der Waals surface area contributed by atoms with E-state index >= 15 is 0 Å². The minimum Gasteiger partial charge on any atom is -0.497 e. The maximum absolute atomic E-state index is 13.7. The number of hydrogen-bond donors (Lipinski definition) is 1. The Morgan fingerprint density at radius 2 is 1.73 bits per heavy atom. The van der Waals surface area contributed by atoms with Crippen LogP contribution in [0.25, 0.3) is 0 Å². The summed E-state index contributed by atoms with van der Waals surface area (Å²) >= 11 is 12.2. The van der Waals surface area contributed by atoms with Crippen LogP contribution in [0, 0.1) is 0 Å². The van der Waals surface area contributed by atoms with E-state index in [2.05, 4.69) is 5.32 Å². The summed E-state index contributed by atoms with van der Waals surface area (Å²) in [4.78, 5) is 28.3. The number of rotatable bonds is 10. The molecule has 0 spiro atoms. The lowest BCUT2D eigenvalue weighted by Gasteiger charge is -2.33. The summed E-state index contributed by atoms with van der Waals surface area (Å²) in [5.41, 5.74) is 0.899. The monoisotopic (exact) mass is 569 g/mol. The topological polar surface area (TPSA) is 96.0 Å². The number of amides is 2. The summed E-state index contributed by atoms with van der Waals surface area (Å²) in [7, 11) is -2.34. The van der Waals surface area contributed by atoms with Crippen molar-refractivity contribution in [2.24, 2.45) is 0 Å². The molecule has 3 rings (SSSR count). The summed E-state index contributed by atoms with van der Waals surface area (Å²) in [5.74, 6) is -0.217. The number of anilines is 1. The summed E-state index contributed by atoms with van der Waals surface area (Å²) in [6.07, 6.45) is 6.06. The molecule has 1 fully saturated rings. The number of benzene rings is 2. The molecule has 1 aliphatic carbocycles. The van der Waals surface area contributed by atoms with Crippen molar-refractivity contribution in [3.05, 3.63) is 58.1 Å². The highest BCUT2D eigenvalue weighted by Gasteiger charge is 2.31. The van der Waals surface area contributed by atoms with Gasteiger partial charge in [-0.25, -0.2) is 8.42 Å². The van der Waals surface area contributed by atoms with Gasteiger partial charge in [-0.1, -0.05) is 54.6 Å². The molecule has 1 atom stereocenters. The Bertz CT molecular complexity index is 1200. The van der Waals surface area contributed by atoms with Crippen LogP contribution in [0.4, 0.5) is 5.69 Å². The van der Waals surface area contributed by atoms with Gasteiger partial charge >= 0.3 is 0 Å². The van der Waals surface area contributed by atoms with E-state index in [-0.39, 0.29) is 34.2 Å². The molecule has 2 aromatic rings. The zero-order chi connectivity index (χ0) is 27.2. The fourth-order valence-corrected chi connectivity index (χ4v) is 5.76. The zero-order valence-corrected chi connectivity index (χ0v) is 23.6. The molecule has 1 N–H and O–H groups in total. The minimum absolute atomic E-state index is 0.0681. The molecular weight excluding hydrogens is 537 g/mol. The lowest BCUT2D eigenvalue weighted by atomic mass is 9.95. The Morgan fingerprint density at radius 1 is 1.08 bits per heavy atom. The third kappa shape index (κ3) is 8.25. The third-order valence-corrected chi connectivity index (χ3v) is 8.00. The van der Waals surface area contributed by atoms with Crippen molar-refractivity contribution in [1.82, 2.24) is 10.2 Å². The van der Waals surface area contributed by atoms with Crippen LogP contribution in [0.3, 0.4) is 0 Å². The van der Waals surface area contributed by atoms with Gasteiger partial charge in [-0.15, -0.1) is 0 Å². The van der Waals surface area contributed by atoms with E-state index in [0.29, 0.717) is 5.75 Å². The van der Waals surface area contributed by atoms with Crippen molar-refractivity contribution in [3.63, 3.8) is 0 Å². The second-order valence-corrected chi connectivity index (χ2v) is 12.1. The first-order chi connectivity index (χ1) is 17.5. The van der Waals surface area contributed by atoms with Crippen molar-refractivity contribution in [3.8, 4) is 5.75 Å². The van der Waals surface area contributed by atoms with E-state index in [9.17, 15) is 18.0 Å². The summed E-state index contributed by atoms with van der Waals surface area (Å²) < 4.78 is 31.6. The van der Waals surface area contributed by atoms with Crippen LogP contribution in [0.15, 0.2) is 42.5 Å². The number of carbonyl (C=O) groups excluding carboxylic acids is 2. The molecule has 0 aromatic heterocycles. The molecule has 0 radical (unpaired) electrons. The number of halogens is 2. The SMILES string of the molecule is COc1cccc(CN(C(=O)CN(c2cc(Cl)cc(Cl)c2)S(C)(=O)=O)[C@@H](C)C(=O)NC2CCCCC2)c1. The molecule has 0 saturated heterocycles. The van der Waals surface area contributed by atoms with Crippen LogP contribution in [0.2, 0.25) is 10.0 Å². The Hall–Kier alpha value is -2.49. The van der Waals surface area contributed by atoms with Gasteiger partial charge in [-0.05, 0) is 55.7 Å². The highest BCUT2D eigenvalue weighted by molar-refractivity contribution is 7.92. The Labute approximate surface area is 228 Å². The fourth-order valence-electron chi connectivity index (χ4n) is 4.42. The molecule has 37 heavy (non-hydrogen) atoms. The van der Waals surface area contributed by atoms with Gasteiger partial charge in [0.2, 0.25) is 21.8 Å². The average Bonchev–Trinajstić information content (AvgIpc) is 2.84. The standard InChI is InChI=1S/C26H33Cl2N3O5S/c1-18(26(33)29-22-9-5-4-6-10-22)30(16-19-8-7-11-24(12-19)36-2)25(32)17-31(37(3,34)35)23-14-20(27)13-21(28)15-23/h7-8,11-15,18,22H,4-6,9-10,16-17H2,1-3H3,(H,29,33)/t18-/m0/s1. The van der Waals surface area contributed by atoms with Crippen molar-refractivity contribution >= 4 is 50.7 Å². The van der Waals surface area contributed by atoms with E-state index in [4.69, 9.17) is 27.9 Å². The molecule has 1 aliphatic rings. The van der Waals surface area contributed by atoms with Crippen LogP contribution in [-0.4, -0.2) is 57.1 Å². The number of sulfonamides is 1. The molecule has 2 aromatic carbocycles. The van der Waals surface area contributed by atoms with Crippen molar-refractivity contribution in [2.45, 2.75) is 57.7 Å². The third-order valence-electron chi connectivity index (χ3n) is 6.42. The molecule has 1 saturated carbocycles. The number of ether oxygens (including phenoxy) is 1. The Balaban J connectivity index is 1.90. The minimum atomic E-state index is -3.88. The first-order valence-electron chi connectivity index (χ1n) is 12.1. The first-order valence-corrected chi connectivity index (χ1v) is 14.7. The molecule has 0 bridgehead atoms. The number of carbonyl (C=O) groups is 2. The second-order valence-electron chi connectivity index (χ2n) is 9.29. The number of nitrogens with zero attached hydrogens (tertiary/aromatic N) is 2. The highest BCUT2D eigenvalue weighted by Crippen LogP contribution is 2.27. The van der Waals surface area contributed by atoms with Gasteiger partial charge in [-0.2, -0.15) is 0 Å². The van der Waals surface area contributed by atoms with Crippen LogP contribution in [0.5, 0.6) is 5.75 Å². The molecule has 0 unspecified atom stereocenters. The molecule has 8 nitrogen and oxygen atoms in total. The summed E-state index contributed by atoms with van der Waals surface area (Å²) in [6, 6.07) is 10.7. The number of hydrogen-bond acceptors (Lipinski definition) is 5. The molecule has 0 aliphatic heterocycles. The van der Waals surface area contributed by atoms with Crippen molar-refractivity contribution < 1.29 is 22.7 Å². The summed E-state index contributed by atoms with van der Waals surface area (Å²) in [6.45, 7) is 1.21. The van der Waals surface area contributed by atoms with E-state index in [1.54, 1.807) is 32.2 Å². The predicted molar refractivity (Wildman–Crippen MR) is 147 cm³/mol. The van der Waals surface area contributed by atoms with Gasteiger partial charge < -0.3 is 15.0 Å². The van der Waals surface area contributed by atoms with E-state index in [1.165, 1.54) is 23.1 Å². The van der Waals surface area contributed by atoms with Crippen LogP contribution in [-0.2, 0) is 26.2 Å². The first kappa shape index (κ1) is 29.1. The molecule has 2 amide bonds. The van der Waals surface area contributed by atoms with Crippen LogP contribution < -0.4 is 14.4 Å². The lowest BCUT2D eigenvalue weighted by Crippen LogP contribution is -2.52. The Kier molecular flexibility index (Phi) is 10.1. The predicted octanol–water partition coefficient (Wildman–Crippen LogP) is 4.63. The number of nitrogens with one attached hydrogen (secondary N) is 1. The highest BCUT2D eigenvalue weighted by atomic mass is 35.5. The van der Waals surface area contributed by atoms with Gasteiger partial charge in [0.15, 0.2) is 0 Å². The fraction of sp³-hybridized carbons (Fsp3) is 0.462. The maximum Gasteiger partial charge on any atom is 0.244 e. The quantitative estimate of drug-likeness (QED) is 0.449. The van der Waals surface area contributed by atoms with E-state index < -0.39 is 28.5 Å². The Morgan fingerprint density at radius 3 is 2.32 bits per heavy atom. The maximum atomic E-state index is 13.7. The smallest absolute Gasteiger partial charge is 0.244 e. The van der Waals surface area contributed by atoms with Gasteiger partial charge in [0.25, 0.3) is 0 Å². The van der Waals surface area contributed by atoms with Gasteiger partial charge in [0.05, 0.1) is 19.1 Å².